The van der Waals surface area contributed by atoms with Crippen molar-refractivity contribution < 1.29 is 0 Å². The van der Waals surface area contributed by atoms with Gasteiger partial charge in [0.15, 0.2) is 0 Å². The summed E-state index contributed by atoms with van der Waals surface area (Å²) in [5.74, 6) is 0. The number of halogens is 2. The molecule has 0 aromatic carbocycles. The summed E-state index contributed by atoms with van der Waals surface area (Å²) in [5.41, 5.74) is 1.16. The first-order valence-corrected chi connectivity index (χ1v) is 6.10. The van der Waals surface area contributed by atoms with Gasteiger partial charge in [0.25, 0.3) is 0 Å². The van der Waals surface area contributed by atoms with Crippen molar-refractivity contribution >= 4 is 24.0 Å². The van der Waals surface area contributed by atoms with Crippen LogP contribution in [0, 0.1) is 0 Å². The molecule has 1 N–H and O–H groups in total. The molecule has 1 saturated heterocycles. The highest BCUT2D eigenvalue weighted by atomic mass is 35.5. The summed E-state index contributed by atoms with van der Waals surface area (Å²) in [6, 6.07) is 3.11. The summed E-state index contributed by atoms with van der Waals surface area (Å²) < 4.78 is 0. The molecule has 5 heteroatoms. The van der Waals surface area contributed by atoms with Crippen LogP contribution in [0.4, 0.5) is 0 Å². The standard InChI is InChI=1S/C12H18ClN3.ClH/c1-9-7-16(10(2)5-15-9)8-11-3-4-14-6-12(11)13;/h3-4,6,9-10,15H,5,7-8H2,1-2H3;1H. The molecule has 0 spiro atoms. The van der Waals surface area contributed by atoms with Crippen LogP contribution in [0.15, 0.2) is 18.5 Å². The summed E-state index contributed by atoms with van der Waals surface area (Å²) in [4.78, 5) is 6.47. The Kier molecular flexibility index (Phi) is 5.67. The second-order valence-corrected chi connectivity index (χ2v) is 4.96. The molecule has 3 nitrogen and oxygen atoms in total. The fourth-order valence-corrected chi connectivity index (χ4v) is 2.25. The first-order chi connectivity index (χ1) is 7.66. The highest BCUT2D eigenvalue weighted by molar-refractivity contribution is 6.31. The van der Waals surface area contributed by atoms with E-state index >= 15 is 0 Å². The van der Waals surface area contributed by atoms with E-state index in [9.17, 15) is 0 Å². The number of pyridine rings is 1. The van der Waals surface area contributed by atoms with Crippen molar-refractivity contribution in [3.8, 4) is 0 Å². The van der Waals surface area contributed by atoms with Crippen molar-refractivity contribution in [2.45, 2.75) is 32.5 Å². The quantitative estimate of drug-likeness (QED) is 0.898. The van der Waals surface area contributed by atoms with E-state index in [-0.39, 0.29) is 12.4 Å². The molecule has 0 bridgehead atoms. The molecule has 1 aromatic rings. The fourth-order valence-electron chi connectivity index (χ4n) is 2.07. The zero-order valence-corrected chi connectivity index (χ0v) is 11.8. The maximum atomic E-state index is 6.12. The molecule has 2 unspecified atom stereocenters. The van der Waals surface area contributed by atoms with Gasteiger partial charge >= 0.3 is 0 Å². The number of hydrogen-bond acceptors (Lipinski definition) is 3. The molecular formula is C12H19Cl2N3. The van der Waals surface area contributed by atoms with E-state index in [2.05, 4.69) is 29.0 Å². The number of piperazine rings is 1. The summed E-state index contributed by atoms with van der Waals surface area (Å²) in [6.45, 7) is 7.49. The highest BCUT2D eigenvalue weighted by Crippen LogP contribution is 2.18. The summed E-state index contributed by atoms with van der Waals surface area (Å²) in [5, 5.41) is 4.24. The Morgan fingerprint density at radius 2 is 2.29 bits per heavy atom. The minimum atomic E-state index is 0. The largest absolute Gasteiger partial charge is 0.311 e. The van der Waals surface area contributed by atoms with Gasteiger partial charge in [-0.25, -0.2) is 0 Å². The van der Waals surface area contributed by atoms with Crippen molar-refractivity contribution in [2.75, 3.05) is 13.1 Å². The van der Waals surface area contributed by atoms with Gasteiger partial charge < -0.3 is 5.32 Å². The van der Waals surface area contributed by atoms with E-state index in [1.807, 2.05) is 6.07 Å². The molecule has 2 rings (SSSR count). The maximum absolute atomic E-state index is 6.12. The van der Waals surface area contributed by atoms with Crippen LogP contribution >= 0.6 is 24.0 Å². The molecule has 1 aromatic heterocycles. The molecular weight excluding hydrogens is 257 g/mol. The Balaban J connectivity index is 0.00000144. The van der Waals surface area contributed by atoms with E-state index in [0.717, 1.165) is 30.2 Å². The van der Waals surface area contributed by atoms with Crippen LogP contribution < -0.4 is 5.32 Å². The van der Waals surface area contributed by atoms with Crippen LogP contribution in [0.5, 0.6) is 0 Å². The SMILES string of the molecule is CC1CN(Cc2ccncc2Cl)C(C)CN1.Cl. The minimum Gasteiger partial charge on any atom is -0.311 e. The summed E-state index contributed by atoms with van der Waals surface area (Å²) in [7, 11) is 0. The van der Waals surface area contributed by atoms with E-state index in [1.165, 1.54) is 0 Å². The first-order valence-electron chi connectivity index (χ1n) is 5.72. The molecule has 1 fully saturated rings. The third-order valence-corrected chi connectivity index (χ3v) is 3.46. The van der Waals surface area contributed by atoms with Gasteiger partial charge in [0.1, 0.15) is 0 Å². The molecule has 0 radical (unpaired) electrons. The third kappa shape index (κ3) is 3.81. The Bertz CT molecular complexity index is 359. The molecule has 2 heterocycles. The number of nitrogens with zero attached hydrogens (tertiary/aromatic N) is 2. The number of aromatic nitrogens is 1. The van der Waals surface area contributed by atoms with Crippen LogP contribution in [0.1, 0.15) is 19.4 Å². The van der Waals surface area contributed by atoms with Crippen molar-refractivity contribution in [2.24, 2.45) is 0 Å². The van der Waals surface area contributed by atoms with Crippen LogP contribution in [0.3, 0.4) is 0 Å². The lowest BCUT2D eigenvalue weighted by molar-refractivity contribution is 0.139. The highest BCUT2D eigenvalue weighted by Gasteiger charge is 2.22. The van der Waals surface area contributed by atoms with Crippen molar-refractivity contribution in [3.05, 3.63) is 29.0 Å². The summed E-state index contributed by atoms with van der Waals surface area (Å²) >= 11 is 6.12. The maximum Gasteiger partial charge on any atom is 0.0634 e. The van der Waals surface area contributed by atoms with Gasteiger partial charge in [-0.1, -0.05) is 11.6 Å². The molecule has 0 aliphatic carbocycles. The van der Waals surface area contributed by atoms with Crippen LogP contribution in [-0.4, -0.2) is 35.1 Å². The molecule has 1 aliphatic heterocycles. The normalized spacial score (nSPS) is 25.4. The first kappa shape index (κ1) is 14.7. The lowest BCUT2D eigenvalue weighted by Gasteiger charge is -2.37. The zero-order valence-electron chi connectivity index (χ0n) is 10.2. The summed E-state index contributed by atoms with van der Waals surface area (Å²) in [6.07, 6.45) is 3.52. The number of nitrogens with one attached hydrogen (secondary N) is 1. The van der Waals surface area contributed by atoms with Gasteiger partial charge in [0.2, 0.25) is 0 Å². The molecule has 96 valence electrons. The Hall–Kier alpha value is -0.350. The Morgan fingerprint density at radius 1 is 1.53 bits per heavy atom. The average molecular weight is 276 g/mol. The molecule has 0 saturated carbocycles. The van der Waals surface area contributed by atoms with Gasteiger partial charge in [-0.3, -0.25) is 9.88 Å². The second kappa shape index (κ2) is 6.55. The van der Waals surface area contributed by atoms with Crippen molar-refractivity contribution in [3.63, 3.8) is 0 Å². The molecule has 17 heavy (non-hydrogen) atoms. The predicted octanol–water partition coefficient (Wildman–Crippen LogP) is 2.34. The van der Waals surface area contributed by atoms with Gasteiger partial charge in [0.05, 0.1) is 5.02 Å². The fraction of sp³-hybridized carbons (Fsp3) is 0.583. The third-order valence-electron chi connectivity index (χ3n) is 3.12. The monoisotopic (exact) mass is 275 g/mol. The van der Waals surface area contributed by atoms with Crippen LogP contribution in [0.25, 0.3) is 0 Å². The Labute approximate surface area is 114 Å². The van der Waals surface area contributed by atoms with E-state index < -0.39 is 0 Å². The van der Waals surface area contributed by atoms with Gasteiger partial charge in [-0.15, -0.1) is 12.4 Å². The lowest BCUT2D eigenvalue weighted by atomic mass is 10.1. The van der Waals surface area contributed by atoms with Gasteiger partial charge in [-0.05, 0) is 25.5 Å². The number of hydrogen-bond donors (Lipinski definition) is 1. The molecule has 0 amide bonds. The topological polar surface area (TPSA) is 28.2 Å². The number of rotatable bonds is 2. The average Bonchev–Trinajstić information content (AvgIpc) is 2.27. The van der Waals surface area contributed by atoms with Crippen molar-refractivity contribution in [1.29, 1.82) is 0 Å². The molecule has 2 atom stereocenters. The minimum absolute atomic E-state index is 0. The smallest absolute Gasteiger partial charge is 0.0634 e. The second-order valence-electron chi connectivity index (χ2n) is 4.55. The van der Waals surface area contributed by atoms with Gasteiger partial charge in [-0.2, -0.15) is 0 Å². The van der Waals surface area contributed by atoms with Gasteiger partial charge in [0, 0.05) is 44.1 Å². The molecule has 1 aliphatic rings. The predicted molar refractivity (Wildman–Crippen MR) is 73.8 cm³/mol. The van der Waals surface area contributed by atoms with Crippen molar-refractivity contribution in [1.82, 2.24) is 15.2 Å². The van der Waals surface area contributed by atoms with E-state index in [1.54, 1.807) is 12.4 Å². The lowest BCUT2D eigenvalue weighted by Crippen LogP contribution is -2.53. The van der Waals surface area contributed by atoms with E-state index in [4.69, 9.17) is 11.6 Å². The van der Waals surface area contributed by atoms with Crippen LogP contribution in [0.2, 0.25) is 5.02 Å². The van der Waals surface area contributed by atoms with E-state index in [0.29, 0.717) is 12.1 Å². The van der Waals surface area contributed by atoms with Crippen LogP contribution in [-0.2, 0) is 6.54 Å². The Morgan fingerprint density at radius 3 is 3.00 bits per heavy atom. The zero-order chi connectivity index (χ0) is 11.5.